The third kappa shape index (κ3) is 3.05. The molecule has 1 aromatic carbocycles. The summed E-state index contributed by atoms with van der Waals surface area (Å²) in [6.07, 6.45) is 0. The Labute approximate surface area is 120 Å². The van der Waals surface area contributed by atoms with Crippen LogP contribution in [0.1, 0.15) is 41.0 Å². The first kappa shape index (κ1) is 14.7. The average molecular weight is 272 g/mol. The Kier molecular flexibility index (Phi) is 4.50. The molecule has 0 saturated heterocycles. The van der Waals surface area contributed by atoms with Crippen molar-refractivity contribution in [2.75, 3.05) is 6.54 Å². The number of aromatic nitrogens is 1. The van der Waals surface area contributed by atoms with Crippen molar-refractivity contribution in [2.24, 2.45) is 0 Å². The first-order chi connectivity index (χ1) is 9.52. The Balaban J connectivity index is 2.53. The maximum absolute atomic E-state index is 14.2. The lowest BCUT2D eigenvalue weighted by Crippen LogP contribution is -2.24. The van der Waals surface area contributed by atoms with E-state index >= 15 is 0 Å². The average Bonchev–Trinajstić information content (AvgIpc) is 2.40. The second-order valence-electron chi connectivity index (χ2n) is 5.14. The monoisotopic (exact) mass is 272 g/mol. The highest BCUT2D eigenvalue weighted by Gasteiger charge is 2.19. The van der Waals surface area contributed by atoms with E-state index in [0.29, 0.717) is 5.56 Å². The molecule has 0 saturated carbocycles. The molecule has 0 aliphatic heterocycles. The van der Waals surface area contributed by atoms with E-state index in [2.05, 4.69) is 10.3 Å². The van der Waals surface area contributed by atoms with Gasteiger partial charge in [0.2, 0.25) is 0 Å². The molecule has 1 heterocycles. The van der Waals surface area contributed by atoms with Crippen molar-refractivity contribution in [3.63, 3.8) is 0 Å². The quantitative estimate of drug-likeness (QED) is 0.914. The van der Waals surface area contributed by atoms with Gasteiger partial charge in [0.15, 0.2) is 0 Å². The lowest BCUT2D eigenvalue weighted by Gasteiger charge is -2.21. The molecule has 20 heavy (non-hydrogen) atoms. The van der Waals surface area contributed by atoms with Gasteiger partial charge in [-0.2, -0.15) is 0 Å². The summed E-state index contributed by atoms with van der Waals surface area (Å²) in [5.41, 5.74) is 4.69. The van der Waals surface area contributed by atoms with Crippen LogP contribution in [0.2, 0.25) is 0 Å². The highest BCUT2D eigenvalue weighted by Crippen LogP contribution is 2.27. The number of hydrogen-bond acceptors (Lipinski definition) is 2. The molecule has 1 unspecified atom stereocenters. The molecule has 2 nitrogen and oxygen atoms in total. The number of hydrogen-bond donors (Lipinski definition) is 1. The molecule has 2 rings (SSSR count). The largest absolute Gasteiger partial charge is 0.306 e. The molecule has 0 amide bonds. The van der Waals surface area contributed by atoms with Gasteiger partial charge >= 0.3 is 0 Å². The predicted octanol–water partition coefficient (Wildman–Crippen LogP) is 3.84. The second kappa shape index (κ2) is 6.14. The predicted molar refractivity (Wildman–Crippen MR) is 80.4 cm³/mol. The van der Waals surface area contributed by atoms with E-state index in [0.717, 1.165) is 29.1 Å². The van der Waals surface area contributed by atoms with Crippen molar-refractivity contribution in [1.82, 2.24) is 10.3 Å². The minimum atomic E-state index is -0.179. The van der Waals surface area contributed by atoms with Crippen LogP contribution in [0.3, 0.4) is 0 Å². The Morgan fingerprint density at radius 2 is 1.85 bits per heavy atom. The summed E-state index contributed by atoms with van der Waals surface area (Å²) < 4.78 is 14.2. The van der Waals surface area contributed by atoms with E-state index in [4.69, 9.17) is 0 Å². The van der Waals surface area contributed by atoms with Crippen LogP contribution < -0.4 is 5.32 Å². The molecule has 1 N–H and O–H groups in total. The number of pyridine rings is 1. The van der Waals surface area contributed by atoms with Gasteiger partial charge in [-0.3, -0.25) is 4.98 Å². The first-order valence-corrected chi connectivity index (χ1v) is 6.96. The summed E-state index contributed by atoms with van der Waals surface area (Å²) >= 11 is 0. The summed E-state index contributed by atoms with van der Waals surface area (Å²) in [6.45, 7) is 8.71. The first-order valence-electron chi connectivity index (χ1n) is 6.96. The zero-order valence-corrected chi connectivity index (χ0v) is 12.5. The van der Waals surface area contributed by atoms with Gasteiger partial charge in [0.1, 0.15) is 5.82 Å². The van der Waals surface area contributed by atoms with Crippen molar-refractivity contribution in [3.05, 3.63) is 64.2 Å². The highest BCUT2D eigenvalue weighted by atomic mass is 19.1. The van der Waals surface area contributed by atoms with Gasteiger partial charge in [-0.1, -0.05) is 30.7 Å². The SMILES string of the molecule is CCNC(c1cc(C)ccc1F)c1ccc(C)nc1C. The van der Waals surface area contributed by atoms with Crippen molar-refractivity contribution < 1.29 is 4.39 Å². The minimum absolute atomic E-state index is 0.159. The van der Waals surface area contributed by atoms with E-state index in [9.17, 15) is 4.39 Å². The molecule has 0 spiro atoms. The molecule has 0 aliphatic carbocycles. The van der Waals surface area contributed by atoms with E-state index in [-0.39, 0.29) is 11.9 Å². The number of halogens is 1. The van der Waals surface area contributed by atoms with E-state index < -0.39 is 0 Å². The summed E-state index contributed by atoms with van der Waals surface area (Å²) in [7, 11) is 0. The van der Waals surface area contributed by atoms with Gasteiger partial charge in [0.05, 0.1) is 6.04 Å². The summed E-state index contributed by atoms with van der Waals surface area (Å²) in [5, 5.41) is 3.36. The Morgan fingerprint density at radius 3 is 2.50 bits per heavy atom. The fourth-order valence-electron chi connectivity index (χ4n) is 2.48. The van der Waals surface area contributed by atoms with Crippen LogP contribution in [0.25, 0.3) is 0 Å². The van der Waals surface area contributed by atoms with Crippen molar-refractivity contribution in [3.8, 4) is 0 Å². The highest BCUT2D eigenvalue weighted by molar-refractivity contribution is 5.37. The van der Waals surface area contributed by atoms with E-state index in [1.54, 1.807) is 6.07 Å². The normalized spacial score (nSPS) is 12.4. The number of benzene rings is 1. The molecule has 0 radical (unpaired) electrons. The number of nitrogens with zero attached hydrogens (tertiary/aromatic N) is 1. The molecule has 1 aromatic heterocycles. The zero-order valence-electron chi connectivity index (χ0n) is 12.5. The van der Waals surface area contributed by atoms with Crippen molar-refractivity contribution in [1.29, 1.82) is 0 Å². The number of rotatable bonds is 4. The van der Waals surface area contributed by atoms with E-state index in [1.807, 2.05) is 45.9 Å². The van der Waals surface area contributed by atoms with Gasteiger partial charge in [-0.25, -0.2) is 4.39 Å². The lowest BCUT2D eigenvalue weighted by molar-refractivity contribution is 0.556. The molecular formula is C17H21FN2. The fraction of sp³-hybridized carbons (Fsp3) is 0.353. The van der Waals surface area contributed by atoms with Crippen LogP contribution in [0, 0.1) is 26.6 Å². The summed E-state index contributed by atoms with van der Waals surface area (Å²) in [5.74, 6) is -0.179. The standard InChI is InChI=1S/C17H21FN2/c1-5-19-17(14-8-7-12(3)20-13(14)4)15-10-11(2)6-9-16(15)18/h6-10,17,19H,5H2,1-4H3. The second-order valence-corrected chi connectivity index (χ2v) is 5.14. The maximum atomic E-state index is 14.2. The molecule has 106 valence electrons. The van der Waals surface area contributed by atoms with Crippen LogP contribution >= 0.6 is 0 Å². The summed E-state index contributed by atoms with van der Waals surface area (Å²) in [4.78, 5) is 4.49. The third-order valence-corrected chi connectivity index (χ3v) is 3.45. The van der Waals surface area contributed by atoms with Crippen molar-refractivity contribution >= 4 is 0 Å². The lowest BCUT2D eigenvalue weighted by atomic mass is 9.95. The van der Waals surface area contributed by atoms with Crippen LogP contribution in [-0.4, -0.2) is 11.5 Å². The molecule has 2 aromatic rings. The number of aryl methyl sites for hydroxylation is 3. The Bertz CT molecular complexity index is 608. The van der Waals surface area contributed by atoms with Crippen LogP contribution in [-0.2, 0) is 0 Å². The van der Waals surface area contributed by atoms with Crippen LogP contribution in [0.5, 0.6) is 0 Å². The number of nitrogens with one attached hydrogen (secondary N) is 1. The van der Waals surface area contributed by atoms with Gasteiger partial charge in [-0.05, 0) is 45.0 Å². The van der Waals surface area contributed by atoms with Crippen LogP contribution in [0.15, 0.2) is 30.3 Å². The van der Waals surface area contributed by atoms with Gasteiger partial charge in [0.25, 0.3) is 0 Å². The topological polar surface area (TPSA) is 24.9 Å². The van der Waals surface area contributed by atoms with Gasteiger partial charge in [-0.15, -0.1) is 0 Å². The van der Waals surface area contributed by atoms with Crippen molar-refractivity contribution in [2.45, 2.75) is 33.7 Å². The summed E-state index contributed by atoms with van der Waals surface area (Å²) in [6, 6.07) is 9.08. The third-order valence-electron chi connectivity index (χ3n) is 3.45. The molecule has 3 heteroatoms. The minimum Gasteiger partial charge on any atom is -0.306 e. The Hall–Kier alpha value is -1.74. The molecule has 0 aliphatic rings. The van der Waals surface area contributed by atoms with E-state index in [1.165, 1.54) is 6.07 Å². The Morgan fingerprint density at radius 1 is 1.10 bits per heavy atom. The fourth-order valence-corrected chi connectivity index (χ4v) is 2.48. The van der Waals surface area contributed by atoms with Crippen LogP contribution in [0.4, 0.5) is 4.39 Å². The molecular weight excluding hydrogens is 251 g/mol. The molecule has 0 bridgehead atoms. The van der Waals surface area contributed by atoms with Gasteiger partial charge in [0, 0.05) is 17.0 Å². The smallest absolute Gasteiger partial charge is 0.128 e. The molecule has 0 fully saturated rings. The zero-order chi connectivity index (χ0) is 14.7. The maximum Gasteiger partial charge on any atom is 0.128 e. The van der Waals surface area contributed by atoms with Gasteiger partial charge < -0.3 is 5.32 Å². The molecule has 1 atom stereocenters.